The van der Waals surface area contributed by atoms with Crippen molar-refractivity contribution in [3.05, 3.63) is 0 Å². The maximum absolute atomic E-state index is 12.2. The summed E-state index contributed by atoms with van der Waals surface area (Å²) in [6.07, 6.45) is -1.70. The van der Waals surface area contributed by atoms with E-state index in [9.17, 15) is 13.2 Å². The summed E-state index contributed by atoms with van der Waals surface area (Å²) in [6.45, 7) is 2.85. The minimum absolute atomic E-state index is 0.209. The van der Waals surface area contributed by atoms with Gasteiger partial charge in [-0.3, -0.25) is 0 Å². The van der Waals surface area contributed by atoms with Crippen molar-refractivity contribution in [1.82, 2.24) is 0 Å². The van der Waals surface area contributed by atoms with Crippen molar-refractivity contribution < 1.29 is 13.2 Å². The second-order valence-electron chi connectivity index (χ2n) is 2.76. The molecule has 0 aromatic carbocycles. The zero-order valence-corrected chi connectivity index (χ0v) is 5.42. The topological polar surface area (TPSA) is 0 Å². The van der Waals surface area contributed by atoms with Crippen molar-refractivity contribution in [1.29, 1.82) is 0 Å². The van der Waals surface area contributed by atoms with Crippen molar-refractivity contribution in [2.75, 3.05) is 0 Å². The predicted octanol–water partition coefficient (Wildman–Crippen LogP) is 2.39. The summed E-state index contributed by atoms with van der Waals surface area (Å²) >= 11 is 0. The van der Waals surface area contributed by atoms with E-state index in [1.54, 1.807) is 6.92 Å². The van der Waals surface area contributed by atoms with Gasteiger partial charge in [-0.05, 0) is 6.42 Å². The van der Waals surface area contributed by atoms with Crippen LogP contribution in [0.2, 0.25) is 0 Å². The van der Waals surface area contributed by atoms with E-state index in [0.717, 1.165) is 0 Å². The van der Waals surface area contributed by atoms with Gasteiger partial charge in [0.05, 0.1) is 5.41 Å². The lowest BCUT2D eigenvalue weighted by Crippen LogP contribution is -2.03. The summed E-state index contributed by atoms with van der Waals surface area (Å²) < 4.78 is 36.6. The first-order valence-electron chi connectivity index (χ1n) is 2.98. The molecule has 0 aliphatic heterocycles. The Kier molecular flexibility index (Phi) is 1.10. The fraction of sp³-hybridized carbons (Fsp3) is 1.00. The molecule has 1 aliphatic rings. The summed E-state index contributed by atoms with van der Waals surface area (Å²) in [4.78, 5) is 0. The Bertz CT molecular complexity index is 132. The molecule has 9 heavy (non-hydrogen) atoms. The molecular weight excluding hydrogens is 129 g/mol. The van der Waals surface area contributed by atoms with Crippen LogP contribution in [0.1, 0.15) is 20.3 Å². The Morgan fingerprint density at radius 3 is 1.78 bits per heavy atom. The van der Waals surface area contributed by atoms with Crippen LogP contribution in [0.5, 0.6) is 0 Å². The Morgan fingerprint density at radius 1 is 1.44 bits per heavy atom. The fourth-order valence-corrected chi connectivity index (χ4v) is 0.945. The molecule has 0 radical (unpaired) electrons. The summed E-state index contributed by atoms with van der Waals surface area (Å²) in [5, 5.41) is 0. The maximum atomic E-state index is 12.2. The lowest BCUT2D eigenvalue weighted by molar-refractivity contribution is 0.0563. The number of rotatable bonds is 1. The van der Waals surface area contributed by atoms with E-state index in [4.69, 9.17) is 0 Å². The zero-order chi connectivity index (χ0) is 7.28. The van der Waals surface area contributed by atoms with Crippen molar-refractivity contribution >= 4 is 0 Å². The molecule has 0 nitrogen and oxygen atoms in total. The van der Waals surface area contributed by atoms with Gasteiger partial charge in [-0.15, -0.1) is 0 Å². The van der Waals surface area contributed by atoms with Gasteiger partial charge in [0.25, 0.3) is 5.92 Å². The molecule has 0 aromatic heterocycles. The van der Waals surface area contributed by atoms with Crippen LogP contribution in [-0.4, -0.2) is 12.1 Å². The fourth-order valence-electron chi connectivity index (χ4n) is 0.945. The van der Waals surface area contributed by atoms with Crippen molar-refractivity contribution in [3.8, 4) is 0 Å². The van der Waals surface area contributed by atoms with Gasteiger partial charge in [0.2, 0.25) is 0 Å². The Balaban J connectivity index is 2.70. The van der Waals surface area contributed by atoms with E-state index >= 15 is 0 Å². The van der Waals surface area contributed by atoms with Gasteiger partial charge in [-0.1, -0.05) is 13.8 Å². The Morgan fingerprint density at radius 2 is 1.78 bits per heavy atom. The van der Waals surface area contributed by atoms with Gasteiger partial charge in [0.1, 0.15) is 0 Å². The van der Waals surface area contributed by atoms with E-state index < -0.39 is 17.5 Å². The van der Waals surface area contributed by atoms with E-state index in [1.165, 1.54) is 6.92 Å². The highest BCUT2D eigenvalue weighted by molar-refractivity contribution is 5.16. The smallest absolute Gasteiger partial charge is 0.240 e. The Hall–Kier alpha value is -0.210. The normalized spacial score (nSPS) is 47.0. The van der Waals surface area contributed by atoms with Gasteiger partial charge < -0.3 is 0 Å². The van der Waals surface area contributed by atoms with Crippen molar-refractivity contribution in [2.45, 2.75) is 32.4 Å². The van der Waals surface area contributed by atoms with E-state index in [2.05, 4.69) is 0 Å². The molecule has 0 spiro atoms. The molecule has 1 aliphatic carbocycles. The lowest BCUT2D eigenvalue weighted by atomic mass is 10.1. The van der Waals surface area contributed by atoms with Crippen LogP contribution in [0.3, 0.4) is 0 Å². The van der Waals surface area contributed by atoms with Crippen molar-refractivity contribution in [3.63, 3.8) is 0 Å². The summed E-state index contributed by atoms with van der Waals surface area (Å²) in [7, 11) is 0. The standard InChI is InChI=1S/C6H9F3/c1-3-5(2)4(7)6(5,8)9/h4H,3H2,1-2H3. The quantitative estimate of drug-likeness (QED) is 0.522. The monoisotopic (exact) mass is 138 g/mol. The molecule has 1 rings (SSSR count). The lowest BCUT2D eigenvalue weighted by Gasteiger charge is -2.01. The van der Waals surface area contributed by atoms with Crippen LogP contribution in [0, 0.1) is 5.41 Å². The first-order valence-corrected chi connectivity index (χ1v) is 2.98. The van der Waals surface area contributed by atoms with Gasteiger partial charge >= 0.3 is 0 Å². The molecule has 54 valence electrons. The highest BCUT2D eigenvalue weighted by atomic mass is 19.3. The molecule has 0 saturated heterocycles. The second-order valence-corrected chi connectivity index (χ2v) is 2.76. The number of alkyl halides is 3. The van der Waals surface area contributed by atoms with E-state index in [-0.39, 0.29) is 6.42 Å². The third-order valence-corrected chi connectivity index (χ3v) is 2.29. The van der Waals surface area contributed by atoms with Gasteiger partial charge in [0.15, 0.2) is 6.17 Å². The SMILES string of the molecule is CCC1(C)C(F)C1(F)F. The molecule has 0 bridgehead atoms. The van der Waals surface area contributed by atoms with Crippen LogP contribution in [0.25, 0.3) is 0 Å². The van der Waals surface area contributed by atoms with Crippen LogP contribution in [0.4, 0.5) is 13.2 Å². The number of hydrogen-bond acceptors (Lipinski definition) is 0. The van der Waals surface area contributed by atoms with Gasteiger partial charge in [-0.25, -0.2) is 13.2 Å². The average molecular weight is 138 g/mol. The molecule has 2 atom stereocenters. The van der Waals surface area contributed by atoms with Gasteiger partial charge in [-0.2, -0.15) is 0 Å². The van der Waals surface area contributed by atoms with E-state index in [0.29, 0.717) is 0 Å². The van der Waals surface area contributed by atoms with Crippen LogP contribution < -0.4 is 0 Å². The first kappa shape index (κ1) is 6.90. The molecular formula is C6H9F3. The maximum Gasteiger partial charge on any atom is 0.287 e. The van der Waals surface area contributed by atoms with Crippen LogP contribution in [-0.2, 0) is 0 Å². The largest absolute Gasteiger partial charge is 0.287 e. The summed E-state index contributed by atoms with van der Waals surface area (Å²) in [5.74, 6) is -3.05. The number of hydrogen-bond donors (Lipinski definition) is 0. The molecule has 0 amide bonds. The third kappa shape index (κ3) is 0.550. The van der Waals surface area contributed by atoms with Crippen molar-refractivity contribution in [2.24, 2.45) is 5.41 Å². The highest BCUT2D eigenvalue weighted by Crippen LogP contribution is 2.64. The molecule has 0 aromatic rings. The first-order chi connectivity index (χ1) is 3.97. The van der Waals surface area contributed by atoms with E-state index in [1.807, 2.05) is 0 Å². The minimum atomic E-state index is -3.05. The minimum Gasteiger partial charge on any atom is -0.240 e. The van der Waals surface area contributed by atoms with Crippen LogP contribution in [0.15, 0.2) is 0 Å². The predicted molar refractivity (Wildman–Crippen MR) is 28.2 cm³/mol. The third-order valence-electron chi connectivity index (χ3n) is 2.29. The van der Waals surface area contributed by atoms with Crippen LogP contribution >= 0.6 is 0 Å². The molecule has 0 heterocycles. The van der Waals surface area contributed by atoms with Gasteiger partial charge in [0, 0.05) is 0 Å². The molecule has 1 saturated carbocycles. The summed E-state index contributed by atoms with van der Waals surface area (Å²) in [5.41, 5.74) is -1.35. The zero-order valence-electron chi connectivity index (χ0n) is 5.42. The summed E-state index contributed by atoms with van der Waals surface area (Å²) in [6, 6.07) is 0. The molecule has 0 N–H and O–H groups in total. The Labute approximate surface area is 52.1 Å². The molecule has 3 heteroatoms. The highest BCUT2D eigenvalue weighted by Gasteiger charge is 2.78. The second kappa shape index (κ2) is 1.44. The molecule has 1 fully saturated rings. The number of halogens is 3. The average Bonchev–Trinajstić information content (AvgIpc) is 2.16. The molecule has 2 unspecified atom stereocenters.